The van der Waals surface area contributed by atoms with Crippen LogP contribution < -0.4 is 15.2 Å². The highest BCUT2D eigenvalue weighted by Gasteiger charge is 2.20. The number of carbonyl (C=O) groups is 1. The standard InChI is InChI=1S/C18H14BrFN2O3S/c1-24-14-7-10(8-15-17(23)22-18(21)26-15)6-12(19)16(14)25-9-11-4-2-3-5-13(11)20/h2-8H,9H2,1H3,(H2,21,22,23). The Morgan fingerprint density at radius 2 is 2.12 bits per heavy atom. The van der Waals surface area contributed by atoms with E-state index in [2.05, 4.69) is 20.9 Å². The molecule has 3 rings (SSSR count). The summed E-state index contributed by atoms with van der Waals surface area (Å²) in [7, 11) is 1.51. The van der Waals surface area contributed by atoms with Gasteiger partial charge in [-0.15, -0.1) is 0 Å². The van der Waals surface area contributed by atoms with E-state index in [9.17, 15) is 9.18 Å². The van der Waals surface area contributed by atoms with Crippen LogP contribution in [0, 0.1) is 5.82 Å². The first-order chi connectivity index (χ1) is 12.5. The number of hydrogen-bond donors (Lipinski definition) is 1. The topological polar surface area (TPSA) is 73.9 Å². The number of nitrogens with zero attached hydrogens (tertiary/aromatic N) is 1. The number of halogens is 2. The maximum atomic E-state index is 13.7. The molecule has 0 unspecified atom stereocenters. The first-order valence-corrected chi connectivity index (χ1v) is 9.10. The van der Waals surface area contributed by atoms with Crippen molar-refractivity contribution in [3.63, 3.8) is 0 Å². The van der Waals surface area contributed by atoms with Crippen molar-refractivity contribution < 1.29 is 18.7 Å². The van der Waals surface area contributed by atoms with Crippen LogP contribution in [0.2, 0.25) is 0 Å². The van der Waals surface area contributed by atoms with Crippen molar-refractivity contribution >= 4 is 44.8 Å². The third kappa shape index (κ3) is 4.08. The van der Waals surface area contributed by atoms with Crippen LogP contribution in [0.15, 0.2) is 50.8 Å². The molecule has 1 aliphatic rings. The van der Waals surface area contributed by atoms with E-state index >= 15 is 0 Å². The maximum absolute atomic E-state index is 13.7. The normalized spacial score (nSPS) is 15.3. The highest BCUT2D eigenvalue weighted by atomic mass is 79.9. The number of hydrogen-bond acceptors (Lipinski definition) is 5. The van der Waals surface area contributed by atoms with Gasteiger partial charge in [0.2, 0.25) is 0 Å². The highest BCUT2D eigenvalue weighted by Crippen LogP contribution is 2.38. The van der Waals surface area contributed by atoms with Gasteiger partial charge in [-0.1, -0.05) is 18.2 Å². The Balaban J connectivity index is 1.85. The molecule has 5 nitrogen and oxygen atoms in total. The molecule has 8 heteroatoms. The zero-order valence-corrected chi connectivity index (χ0v) is 16.1. The zero-order chi connectivity index (χ0) is 18.7. The van der Waals surface area contributed by atoms with Gasteiger partial charge in [0.1, 0.15) is 12.4 Å². The molecule has 0 aliphatic carbocycles. The highest BCUT2D eigenvalue weighted by molar-refractivity contribution is 9.10. The SMILES string of the molecule is COc1cc(C=C2SC(N)=NC2=O)cc(Br)c1OCc1ccccc1F. The molecule has 1 heterocycles. The average molecular weight is 437 g/mol. The predicted molar refractivity (Wildman–Crippen MR) is 104 cm³/mol. The lowest BCUT2D eigenvalue weighted by Gasteiger charge is -2.14. The van der Waals surface area contributed by atoms with Crippen molar-refractivity contribution in [3.8, 4) is 11.5 Å². The summed E-state index contributed by atoms with van der Waals surface area (Å²) in [5, 5.41) is 0.220. The molecule has 0 atom stereocenters. The lowest BCUT2D eigenvalue weighted by atomic mass is 10.1. The predicted octanol–water partition coefficient (Wildman–Crippen LogP) is 4.10. The van der Waals surface area contributed by atoms with Gasteiger partial charge >= 0.3 is 0 Å². The fourth-order valence-electron chi connectivity index (χ4n) is 2.31. The Kier molecular flexibility index (Phi) is 5.63. The summed E-state index contributed by atoms with van der Waals surface area (Å²) in [5.41, 5.74) is 6.71. The Morgan fingerprint density at radius 3 is 2.77 bits per heavy atom. The van der Waals surface area contributed by atoms with Gasteiger partial charge in [0.05, 0.1) is 16.5 Å². The molecule has 134 valence electrons. The number of methoxy groups -OCH3 is 1. The van der Waals surface area contributed by atoms with E-state index in [1.165, 1.54) is 13.2 Å². The Bertz CT molecular complexity index is 931. The number of amides is 1. The first kappa shape index (κ1) is 18.5. The Morgan fingerprint density at radius 1 is 1.35 bits per heavy atom. The van der Waals surface area contributed by atoms with Crippen molar-refractivity contribution in [1.82, 2.24) is 0 Å². The second kappa shape index (κ2) is 7.92. The van der Waals surface area contributed by atoms with Crippen molar-refractivity contribution in [2.24, 2.45) is 10.7 Å². The van der Waals surface area contributed by atoms with Gasteiger partial charge < -0.3 is 15.2 Å². The third-order valence-corrected chi connectivity index (χ3v) is 4.92. The van der Waals surface area contributed by atoms with Gasteiger partial charge in [0.25, 0.3) is 5.91 Å². The maximum Gasteiger partial charge on any atom is 0.286 e. The molecule has 0 saturated carbocycles. The molecule has 1 amide bonds. The molecule has 2 aromatic carbocycles. The van der Waals surface area contributed by atoms with Crippen LogP contribution in [0.4, 0.5) is 4.39 Å². The minimum Gasteiger partial charge on any atom is -0.493 e. The van der Waals surface area contributed by atoms with E-state index in [4.69, 9.17) is 15.2 Å². The van der Waals surface area contributed by atoms with Crippen molar-refractivity contribution in [3.05, 3.63) is 62.7 Å². The van der Waals surface area contributed by atoms with Crippen LogP contribution in [0.1, 0.15) is 11.1 Å². The lowest BCUT2D eigenvalue weighted by molar-refractivity contribution is -0.113. The molecule has 2 N–H and O–H groups in total. The van der Waals surface area contributed by atoms with Gasteiger partial charge in [-0.05, 0) is 57.5 Å². The average Bonchev–Trinajstić information content (AvgIpc) is 2.92. The number of thioether (sulfide) groups is 1. The molecule has 26 heavy (non-hydrogen) atoms. The number of nitrogens with two attached hydrogens (primary N) is 1. The van der Waals surface area contributed by atoms with Gasteiger partial charge in [-0.25, -0.2) is 4.39 Å². The molecule has 1 aliphatic heterocycles. The van der Waals surface area contributed by atoms with E-state index in [1.807, 2.05) is 0 Å². The molecular formula is C18H14BrFN2O3S. The third-order valence-electron chi connectivity index (χ3n) is 3.52. The molecule has 0 aromatic heterocycles. The van der Waals surface area contributed by atoms with Crippen LogP contribution in [0.3, 0.4) is 0 Å². The molecule has 0 fully saturated rings. The van der Waals surface area contributed by atoms with Crippen LogP contribution in [0.25, 0.3) is 6.08 Å². The summed E-state index contributed by atoms with van der Waals surface area (Å²) in [6, 6.07) is 9.89. The molecular weight excluding hydrogens is 423 g/mol. The fourth-order valence-corrected chi connectivity index (χ4v) is 3.56. The summed E-state index contributed by atoms with van der Waals surface area (Å²) >= 11 is 4.55. The molecule has 0 bridgehead atoms. The fraction of sp³-hybridized carbons (Fsp3) is 0.111. The number of carbonyl (C=O) groups excluding carboxylic acids is 1. The Labute approximate surface area is 162 Å². The smallest absolute Gasteiger partial charge is 0.286 e. The number of ether oxygens (including phenoxy) is 2. The molecule has 0 spiro atoms. The second-order valence-electron chi connectivity index (χ2n) is 5.28. The van der Waals surface area contributed by atoms with Gasteiger partial charge in [0, 0.05) is 5.56 Å². The zero-order valence-electron chi connectivity index (χ0n) is 13.7. The van der Waals surface area contributed by atoms with Crippen LogP contribution in [-0.4, -0.2) is 18.2 Å². The Hall–Kier alpha value is -2.32. The van der Waals surface area contributed by atoms with Crippen LogP contribution in [-0.2, 0) is 11.4 Å². The van der Waals surface area contributed by atoms with Crippen LogP contribution in [0.5, 0.6) is 11.5 Å². The first-order valence-electron chi connectivity index (χ1n) is 7.49. The summed E-state index contributed by atoms with van der Waals surface area (Å²) in [6.07, 6.45) is 1.67. The lowest BCUT2D eigenvalue weighted by Crippen LogP contribution is -2.01. The molecule has 0 radical (unpaired) electrons. The minimum atomic E-state index is -0.373. The summed E-state index contributed by atoms with van der Waals surface area (Å²) in [5.74, 6) is 0.187. The molecule has 2 aromatic rings. The van der Waals surface area contributed by atoms with Gasteiger partial charge in [0.15, 0.2) is 16.7 Å². The molecule has 0 saturated heterocycles. The van der Waals surface area contributed by atoms with E-state index in [1.54, 1.807) is 36.4 Å². The second-order valence-corrected chi connectivity index (χ2v) is 7.20. The van der Waals surface area contributed by atoms with Gasteiger partial charge in [-0.3, -0.25) is 4.79 Å². The number of rotatable bonds is 5. The monoisotopic (exact) mass is 436 g/mol. The summed E-state index contributed by atoms with van der Waals surface area (Å²) in [4.78, 5) is 15.8. The van der Waals surface area contributed by atoms with Crippen molar-refractivity contribution in [2.45, 2.75) is 6.61 Å². The largest absolute Gasteiger partial charge is 0.493 e. The number of amidine groups is 1. The number of benzene rings is 2. The van der Waals surface area contributed by atoms with Crippen LogP contribution >= 0.6 is 27.7 Å². The van der Waals surface area contributed by atoms with E-state index < -0.39 is 0 Å². The van der Waals surface area contributed by atoms with Crippen molar-refractivity contribution in [1.29, 1.82) is 0 Å². The van der Waals surface area contributed by atoms with Gasteiger partial charge in [-0.2, -0.15) is 4.99 Å². The minimum absolute atomic E-state index is 0.0563. The number of aliphatic imine (C=N–C) groups is 1. The quantitative estimate of drug-likeness (QED) is 0.713. The summed E-state index contributed by atoms with van der Waals surface area (Å²) < 4.78 is 25.5. The van der Waals surface area contributed by atoms with E-state index in [0.717, 1.165) is 11.8 Å². The van der Waals surface area contributed by atoms with Crippen molar-refractivity contribution in [2.75, 3.05) is 7.11 Å². The van der Waals surface area contributed by atoms with E-state index in [0.29, 0.717) is 32.0 Å². The van der Waals surface area contributed by atoms with E-state index in [-0.39, 0.29) is 23.5 Å². The summed E-state index contributed by atoms with van der Waals surface area (Å²) in [6.45, 7) is 0.0563.